The number of non-ortho nitro benzene ring substituents is 1. The van der Waals surface area contributed by atoms with Crippen LogP contribution in [0.5, 0.6) is 0 Å². The molecular formula is C32H36N6O10. The van der Waals surface area contributed by atoms with Crippen molar-refractivity contribution in [2.75, 3.05) is 20.0 Å². The van der Waals surface area contributed by atoms with Gasteiger partial charge in [0.05, 0.1) is 31.5 Å². The first-order valence-corrected chi connectivity index (χ1v) is 14.5. The molecule has 4 rings (SSSR count). The van der Waals surface area contributed by atoms with E-state index in [9.17, 15) is 29.3 Å². The summed E-state index contributed by atoms with van der Waals surface area (Å²) in [6.07, 6.45) is 2.78. The highest BCUT2D eigenvalue weighted by Gasteiger charge is 2.28. The highest BCUT2D eigenvalue weighted by Crippen LogP contribution is 2.24. The molecule has 2 aromatic heterocycles. The summed E-state index contributed by atoms with van der Waals surface area (Å²) in [4.78, 5) is 65.7. The predicted molar refractivity (Wildman–Crippen MR) is 171 cm³/mol. The van der Waals surface area contributed by atoms with Crippen LogP contribution in [0.15, 0.2) is 69.8 Å². The van der Waals surface area contributed by atoms with E-state index >= 15 is 0 Å². The van der Waals surface area contributed by atoms with Crippen molar-refractivity contribution in [1.82, 2.24) is 20.6 Å². The van der Waals surface area contributed by atoms with Gasteiger partial charge >= 0.3 is 23.8 Å². The zero-order chi connectivity index (χ0) is 35.5. The summed E-state index contributed by atoms with van der Waals surface area (Å²) in [5.74, 6) is -2.24. The van der Waals surface area contributed by atoms with Crippen molar-refractivity contribution in [2.24, 2.45) is 11.8 Å². The molecule has 2 heterocycles. The molecular weight excluding hydrogens is 628 g/mol. The third kappa shape index (κ3) is 9.48. The van der Waals surface area contributed by atoms with Gasteiger partial charge in [-0.1, -0.05) is 27.7 Å². The fourth-order valence-corrected chi connectivity index (χ4v) is 4.08. The van der Waals surface area contributed by atoms with Gasteiger partial charge < -0.3 is 34.7 Å². The van der Waals surface area contributed by atoms with Crippen LogP contribution in [-0.4, -0.2) is 64.9 Å². The molecule has 0 aliphatic rings. The number of benzene rings is 2. The van der Waals surface area contributed by atoms with E-state index in [0.29, 0.717) is 17.0 Å². The summed E-state index contributed by atoms with van der Waals surface area (Å²) >= 11 is 0. The van der Waals surface area contributed by atoms with Crippen LogP contribution >= 0.6 is 0 Å². The summed E-state index contributed by atoms with van der Waals surface area (Å²) in [7, 11) is 2.51. The molecule has 2 aromatic carbocycles. The van der Waals surface area contributed by atoms with Crippen molar-refractivity contribution in [3.63, 3.8) is 0 Å². The minimum absolute atomic E-state index is 0.0564. The Morgan fingerprint density at radius 2 is 1.10 bits per heavy atom. The van der Waals surface area contributed by atoms with Gasteiger partial charge in [-0.3, -0.25) is 19.7 Å². The maximum absolute atomic E-state index is 12.2. The van der Waals surface area contributed by atoms with E-state index < -0.39 is 40.8 Å². The Bertz CT molecular complexity index is 1730. The summed E-state index contributed by atoms with van der Waals surface area (Å²) in [6.45, 7) is 7.13. The molecule has 0 fully saturated rings. The Labute approximate surface area is 275 Å². The van der Waals surface area contributed by atoms with E-state index in [0.717, 1.165) is 5.56 Å². The van der Waals surface area contributed by atoms with Crippen molar-refractivity contribution < 1.29 is 42.4 Å². The second-order valence-electron chi connectivity index (χ2n) is 10.9. The first kappa shape index (κ1) is 36.4. The Kier molecular flexibility index (Phi) is 12.5. The van der Waals surface area contributed by atoms with E-state index in [1.54, 1.807) is 52.0 Å². The van der Waals surface area contributed by atoms with Crippen LogP contribution in [0.1, 0.15) is 49.1 Å². The van der Waals surface area contributed by atoms with E-state index in [-0.39, 0.29) is 35.1 Å². The normalized spacial score (nSPS) is 11.9. The Hall–Kier alpha value is -6.06. The SMILES string of the molecule is COC(=O)C(NC(=O)c1ncc(-c2ccc(N)cc2)o1)C(C)C.COC(=O)C(NC(=O)c1ncc(-c2ccc([N+](=O)[O-])cc2)o1)C(C)C. The molecule has 0 aliphatic carbocycles. The van der Waals surface area contributed by atoms with Crippen molar-refractivity contribution in [2.45, 2.75) is 39.8 Å². The van der Waals surface area contributed by atoms with Crippen molar-refractivity contribution >= 4 is 35.1 Å². The largest absolute Gasteiger partial charge is 0.467 e. The van der Waals surface area contributed by atoms with E-state index in [4.69, 9.17) is 14.6 Å². The Morgan fingerprint density at radius 3 is 1.44 bits per heavy atom. The molecule has 0 saturated heterocycles. The van der Waals surface area contributed by atoms with Gasteiger partial charge in [0.25, 0.3) is 17.5 Å². The lowest BCUT2D eigenvalue weighted by Crippen LogP contribution is -2.45. The minimum atomic E-state index is -0.827. The van der Waals surface area contributed by atoms with Gasteiger partial charge in [-0.05, 0) is 48.2 Å². The van der Waals surface area contributed by atoms with Crippen molar-refractivity contribution in [3.05, 3.63) is 82.8 Å². The standard InChI is InChI=1S/C16H17N3O6.C16H19N3O4/c1-9(2)13(16(21)24-3)18-14(20)15-17-8-12(25-15)10-4-6-11(7-5-10)19(22)23;1-9(2)13(16(21)22-3)19-14(20)15-18-8-12(23-15)10-4-6-11(17)7-5-10/h4-9,13H,1-3H3,(H,18,20);4-9,13H,17H2,1-3H3,(H,19,20). The number of nitro benzene ring substituents is 1. The number of methoxy groups -OCH3 is 2. The molecule has 2 atom stereocenters. The van der Waals surface area contributed by atoms with Gasteiger partial charge in [-0.25, -0.2) is 19.6 Å². The molecule has 16 heteroatoms. The number of aromatic nitrogens is 2. The number of esters is 2. The smallest absolute Gasteiger partial charge is 0.328 e. The maximum Gasteiger partial charge on any atom is 0.328 e. The number of nitrogens with two attached hydrogens (primary N) is 1. The summed E-state index contributed by atoms with van der Waals surface area (Å²) in [5.41, 5.74) is 7.48. The molecule has 16 nitrogen and oxygen atoms in total. The Morgan fingerprint density at radius 1 is 0.729 bits per heavy atom. The number of rotatable bonds is 11. The van der Waals surface area contributed by atoms with Crippen molar-refractivity contribution in [3.8, 4) is 22.6 Å². The van der Waals surface area contributed by atoms with Gasteiger partial charge in [0.15, 0.2) is 11.5 Å². The second kappa shape index (κ2) is 16.5. The molecule has 48 heavy (non-hydrogen) atoms. The lowest BCUT2D eigenvalue weighted by Gasteiger charge is -2.18. The van der Waals surface area contributed by atoms with Gasteiger partial charge in [-0.2, -0.15) is 0 Å². The number of anilines is 1. The molecule has 4 N–H and O–H groups in total. The quantitative estimate of drug-likeness (QED) is 0.0890. The van der Waals surface area contributed by atoms with Gasteiger partial charge in [0.1, 0.15) is 12.1 Å². The van der Waals surface area contributed by atoms with Crippen LogP contribution in [0.2, 0.25) is 0 Å². The summed E-state index contributed by atoms with van der Waals surface area (Å²) in [5, 5.41) is 15.7. The van der Waals surface area contributed by atoms with E-state index in [2.05, 4.69) is 30.1 Å². The summed E-state index contributed by atoms with van der Waals surface area (Å²) in [6, 6.07) is 11.0. The zero-order valence-electron chi connectivity index (χ0n) is 27.1. The number of amides is 2. The first-order valence-electron chi connectivity index (χ1n) is 14.5. The van der Waals surface area contributed by atoms with Crippen LogP contribution in [0.3, 0.4) is 0 Å². The van der Waals surface area contributed by atoms with Crippen LogP contribution in [0, 0.1) is 22.0 Å². The van der Waals surface area contributed by atoms with E-state index in [1.807, 2.05) is 0 Å². The first-order chi connectivity index (χ1) is 22.7. The number of carbonyl (C=O) groups is 4. The van der Waals surface area contributed by atoms with Gasteiger partial charge in [0.2, 0.25) is 0 Å². The molecule has 254 valence electrons. The van der Waals surface area contributed by atoms with Gasteiger partial charge in [-0.15, -0.1) is 0 Å². The lowest BCUT2D eigenvalue weighted by molar-refractivity contribution is -0.384. The number of hydrogen-bond donors (Lipinski definition) is 3. The fourth-order valence-electron chi connectivity index (χ4n) is 4.08. The monoisotopic (exact) mass is 664 g/mol. The van der Waals surface area contributed by atoms with E-state index in [1.165, 1.54) is 50.9 Å². The lowest BCUT2D eigenvalue weighted by atomic mass is 10.0. The highest BCUT2D eigenvalue weighted by molar-refractivity contribution is 5.94. The van der Waals surface area contributed by atoms with Gasteiger partial charge in [0, 0.05) is 28.9 Å². The van der Waals surface area contributed by atoms with Crippen LogP contribution < -0.4 is 16.4 Å². The number of nitro groups is 1. The molecule has 0 saturated carbocycles. The predicted octanol–water partition coefficient (Wildman–Crippen LogP) is 4.03. The average molecular weight is 665 g/mol. The fraction of sp³-hybridized carbons (Fsp3) is 0.312. The molecule has 0 bridgehead atoms. The zero-order valence-corrected chi connectivity index (χ0v) is 27.1. The number of nitrogen functional groups attached to an aromatic ring is 1. The average Bonchev–Trinajstić information content (AvgIpc) is 3.77. The number of ether oxygens (including phenoxy) is 2. The maximum atomic E-state index is 12.2. The second-order valence-corrected chi connectivity index (χ2v) is 10.9. The number of oxazole rings is 2. The third-order valence-electron chi connectivity index (χ3n) is 6.77. The molecule has 0 spiro atoms. The van der Waals surface area contributed by atoms with Crippen LogP contribution in [-0.2, 0) is 19.1 Å². The molecule has 4 aromatic rings. The highest BCUT2D eigenvalue weighted by atomic mass is 16.6. The number of nitrogens with one attached hydrogen (secondary N) is 2. The topological polar surface area (TPSA) is 232 Å². The summed E-state index contributed by atoms with van der Waals surface area (Å²) < 4.78 is 20.2. The molecule has 0 aliphatic heterocycles. The molecule has 2 amide bonds. The molecule has 2 unspecified atom stereocenters. The number of carbonyl (C=O) groups excluding carboxylic acids is 4. The third-order valence-corrected chi connectivity index (χ3v) is 6.77. The van der Waals surface area contributed by atoms with Crippen molar-refractivity contribution in [1.29, 1.82) is 0 Å². The Balaban J connectivity index is 0.000000261. The number of hydrogen-bond acceptors (Lipinski definition) is 13. The minimum Gasteiger partial charge on any atom is -0.467 e. The molecule has 0 radical (unpaired) electrons. The van der Waals surface area contributed by atoms with Crippen LogP contribution in [0.25, 0.3) is 22.6 Å². The number of nitrogens with zero attached hydrogens (tertiary/aromatic N) is 3. The van der Waals surface area contributed by atoms with Crippen LogP contribution in [0.4, 0.5) is 11.4 Å².